The fraction of sp³-hybridized carbons (Fsp3) is 0.529. The van der Waals surface area contributed by atoms with Crippen LogP contribution < -0.4 is 5.32 Å². The third kappa shape index (κ3) is 4.61. The zero-order valence-corrected chi connectivity index (χ0v) is 12.6. The van der Waals surface area contributed by atoms with E-state index in [1.165, 1.54) is 6.92 Å². The van der Waals surface area contributed by atoms with Crippen LogP contribution in [0.1, 0.15) is 50.6 Å². The van der Waals surface area contributed by atoms with Crippen molar-refractivity contribution in [1.82, 2.24) is 5.32 Å². The highest BCUT2D eigenvalue weighted by Crippen LogP contribution is 2.36. The van der Waals surface area contributed by atoms with Crippen molar-refractivity contribution in [2.45, 2.75) is 51.0 Å². The summed E-state index contributed by atoms with van der Waals surface area (Å²) in [7, 11) is 0. The van der Waals surface area contributed by atoms with Gasteiger partial charge in [0.05, 0.1) is 6.04 Å². The van der Waals surface area contributed by atoms with Gasteiger partial charge in [0.25, 0.3) is 0 Å². The molecule has 1 N–H and O–H groups in total. The van der Waals surface area contributed by atoms with E-state index in [0.29, 0.717) is 0 Å². The molecule has 5 heteroatoms. The smallest absolute Gasteiger partial charge is 0.248 e. The minimum Gasteiger partial charge on any atom is -0.349 e. The van der Waals surface area contributed by atoms with E-state index in [1.54, 1.807) is 0 Å². The van der Waals surface area contributed by atoms with Gasteiger partial charge in [-0.15, -0.1) is 0 Å². The van der Waals surface area contributed by atoms with E-state index in [-0.39, 0.29) is 43.8 Å². The van der Waals surface area contributed by atoms with Crippen LogP contribution in [-0.2, 0) is 9.59 Å². The summed E-state index contributed by atoms with van der Waals surface area (Å²) >= 11 is 0. The fourth-order valence-corrected chi connectivity index (χ4v) is 2.82. The van der Waals surface area contributed by atoms with Gasteiger partial charge in [-0.2, -0.15) is 0 Å². The number of hydrogen-bond donors (Lipinski definition) is 1. The molecule has 1 aromatic rings. The summed E-state index contributed by atoms with van der Waals surface area (Å²) in [5.41, 5.74) is 0.854. The number of hydrogen-bond acceptors (Lipinski definition) is 2. The van der Waals surface area contributed by atoms with E-state index in [9.17, 15) is 18.4 Å². The molecule has 120 valence electrons. The Morgan fingerprint density at radius 2 is 1.82 bits per heavy atom. The average Bonchev–Trinajstić information content (AvgIpc) is 2.47. The highest BCUT2D eigenvalue weighted by atomic mass is 19.3. The van der Waals surface area contributed by atoms with Crippen LogP contribution in [0.2, 0.25) is 0 Å². The first-order valence-corrected chi connectivity index (χ1v) is 7.60. The van der Waals surface area contributed by atoms with Crippen molar-refractivity contribution in [3.8, 4) is 0 Å². The quantitative estimate of drug-likeness (QED) is 0.902. The highest BCUT2D eigenvalue weighted by Gasteiger charge is 2.37. The Labute approximate surface area is 129 Å². The largest absolute Gasteiger partial charge is 0.349 e. The number of alkyl halides is 2. The predicted octanol–water partition coefficient (Wildman–Crippen LogP) is 3.65. The second kappa shape index (κ2) is 6.99. The van der Waals surface area contributed by atoms with Crippen LogP contribution >= 0.6 is 0 Å². The lowest BCUT2D eigenvalue weighted by atomic mass is 9.86. The summed E-state index contributed by atoms with van der Waals surface area (Å²) < 4.78 is 26.3. The van der Waals surface area contributed by atoms with Gasteiger partial charge < -0.3 is 5.32 Å². The number of amides is 1. The van der Waals surface area contributed by atoms with Crippen LogP contribution in [-0.4, -0.2) is 17.6 Å². The minimum absolute atomic E-state index is 0.0238. The predicted molar refractivity (Wildman–Crippen MR) is 79.5 cm³/mol. The fourth-order valence-electron chi connectivity index (χ4n) is 2.82. The number of Topliss-reactive ketones (excluding diaryl/α,β-unsaturated/α-hetero) is 1. The molecular formula is C17H21F2NO2. The van der Waals surface area contributed by atoms with Gasteiger partial charge in [-0.05, 0) is 25.3 Å². The molecule has 1 atom stereocenters. The van der Waals surface area contributed by atoms with Crippen molar-refractivity contribution < 1.29 is 18.4 Å². The molecule has 0 saturated heterocycles. The maximum atomic E-state index is 13.2. The molecule has 0 aliphatic heterocycles. The lowest BCUT2D eigenvalue weighted by Gasteiger charge is -2.29. The first kappa shape index (κ1) is 16.6. The molecule has 0 heterocycles. The van der Waals surface area contributed by atoms with Gasteiger partial charge >= 0.3 is 0 Å². The van der Waals surface area contributed by atoms with Gasteiger partial charge in [-0.1, -0.05) is 30.3 Å². The molecule has 1 fully saturated rings. The molecule has 1 aliphatic rings. The molecule has 0 spiro atoms. The Balaban J connectivity index is 2.01. The molecule has 1 amide bonds. The van der Waals surface area contributed by atoms with Crippen LogP contribution in [0, 0.1) is 5.92 Å². The van der Waals surface area contributed by atoms with Gasteiger partial charge in [-0.25, -0.2) is 8.78 Å². The zero-order chi connectivity index (χ0) is 16.2. The maximum Gasteiger partial charge on any atom is 0.248 e. The number of ketones is 1. The van der Waals surface area contributed by atoms with Gasteiger partial charge in [0.15, 0.2) is 0 Å². The second-order valence-corrected chi connectivity index (χ2v) is 6.01. The molecule has 0 radical (unpaired) electrons. The topological polar surface area (TPSA) is 46.2 Å². The molecule has 0 aromatic heterocycles. The van der Waals surface area contributed by atoms with E-state index in [1.807, 2.05) is 30.3 Å². The standard InChI is InChI=1S/C17H21F2NO2/c1-12(21)11-15(13-5-3-2-4-6-13)20-16(22)14-7-9-17(18,19)10-8-14/h2-6,14-15H,7-11H2,1H3,(H,20,22). The Morgan fingerprint density at radius 1 is 1.23 bits per heavy atom. The molecule has 1 saturated carbocycles. The second-order valence-electron chi connectivity index (χ2n) is 6.01. The van der Waals surface area contributed by atoms with Gasteiger partial charge in [0.1, 0.15) is 5.78 Å². The normalized spacial score (nSPS) is 19.4. The third-order valence-corrected chi connectivity index (χ3v) is 4.10. The Bertz CT molecular complexity index is 521. The number of carbonyl (C=O) groups excluding carboxylic acids is 2. The highest BCUT2D eigenvalue weighted by molar-refractivity contribution is 5.81. The van der Waals surface area contributed by atoms with Crippen LogP contribution in [0.3, 0.4) is 0 Å². The van der Waals surface area contributed by atoms with Crippen molar-refractivity contribution in [3.63, 3.8) is 0 Å². The van der Waals surface area contributed by atoms with Crippen molar-refractivity contribution in [1.29, 1.82) is 0 Å². The maximum absolute atomic E-state index is 13.2. The van der Waals surface area contributed by atoms with Crippen LogP contribution in [0.5, 0.6) is 0 Å². The van der Waals surface area contributed by atoms with Crippen molar-refractivity contribution in [2.24, 2.45) is 5.92 Å². The Hall–Kier alpha value is -1.78. The van der Waals surface area contributed by atoms with Crippen LogP contribution in [0.15, 0.2) is 30.3 Å². The molecular weight excluding hydrogens is 288 g/mol. The van der Waals surface area contributed by atoms with E-state index in [2.05, 4.69) is 5.32 Å². The number of benzene rings is 1. The summed E-state index contributed by atoms with van der Waals surface area (Å²) in [5.74, 6) is -3.29. The van der Waals surface area contributed by atoms with E-state index in [0.717, 1.165) is 5.56 Å². The summed E-state index contributed by atoms with van der Waals surface area (Å²) in [6.45, 7) is 1.48. The van der Waals surface area contributed by atoms with Gasteiger partial charge in [0.2, 0.25) is 11.8 Å². The number of nitrogens with one attached hydrogen (secondary N) is 1. The lowest BCUT2D eigenvalue weighted by Crippen LogP contribution is -2.38. The summed E-state index contributed by atoms with van der Waals surface area (Å²) in [4.78, 5) is 23.7. The monoisotopic (exact) mass is 309 g/mol. The van der Waals surface area contributed by atoms with Gasteiger partial charge in [-0.3, -0.25) is 9.59 Å². The molecule has 0 bridgehead atoms. The van der Waals surface area contributed by atoms with Crippen molar-refractivity contribution >= 4 is 11.7 Å². The first-order chi connectivity index (χ1) is 10.4. The lowest BCUT2D eigenvalue weighted by molar-refractivity contribution is -0.130. The number of carbonyl (C=O) groups is 2. The van der Waals surface area contributed by atoms with Crippen molar-refractivity contribution in [3.05, 3.63) is 35.9 Å². The molecule has 3 nitrogen and oxygen atoms in total. The van der Waals surface area contributed by atoms with E-state index >= 15 is 0 Å². The third-order valence-electron chi connectivity index (χ3n) is 4.10. The van der Waals surface area contributed by atoms with Gasteiger partial charge in [0, 0.05) is 25.2 Å². The first-order valence-electron chi connectivity index (χ1n) is 7.60. The SMILES string of the molecule is CC(=O)CC(NC(=O)C1CCC(F)(F)CC1)c1ccccc1. The zero-order valence-electron chi connectivity index (χ0n) is 12.6. The molecule has 22 heavy (non-hydrogen) atoms. The van der Waals surface area contributed by atoms with E-state index in [4.69, 9.17) is 0 Å². The van der Waals surface area contributed by atoms with Crippen molar-refractivity contribution in [2.75, 3.05) is 0 Å². The molecule has 1 aliphatic carbocycles. The minimum atomic E-state index is -2.64. The summed E-state index contributed by atoms with van der Waals surface area (Å²) in [6, 6.07) is 8.85. The Kier molecular flexibility index (Phi) is 5.27. The number of rotatable bonds is 5. The Morgan fingerprint density at radius 3 is 2.36 bits per heavy atom. The molecule has 1 unspecified atom stereocenters. The number of halogens is 2. The average molecular weight is 309 g/mol. The van der Waals surface area contributed by atoms with Crippen LogP contribution in [0.4, 0.5) is 8.78 Å². The summed E-state index contributed by atoms with van der Waals surface area (Å²) in [6.07, 6.45) is 0.112. The molecule has 1 aromatic carbocycles. The molecule has 2 rings (SSSR count). The van der Waals surface area contributed by atoms with Crippen LogP contribution in [0.25, 0.3) is 0 Å². The van der Waals surface area contributed by atoms with E-state index < -0.39 is 17.9 Å². The summed E-state index contributed by atoms with van der Waals surface area (Å²) in [5, 5.41) is 2.86.